The zero-order valence-corrected chi connectivity index (χ0v) is 76.7. The van der Waals surface area contributed by atoms with E-state index in [1.54, 1.807) is 122 Å². The summed E-state index contributed by atoms with van der Waals surface area (Å²) in [6.45, 7) is 13.1. The van der Waals surface area contributed by atoms with Gasteiger partial charge < -0.3 is 109 Å². The highest BCUT2D eigenvalue weighted by Crippen LogP contribution is 2.36. The molecule has 20 heterocycles. The first-order valence-corrected chi connectivity index (χ1v) is 44.9. The molecule has 0 radical (unpaired) electrons. The molecule has 5 fully saturated rings. The Labute approximate surface area is 813 Å². The van der Waals surface area contributed by atoms with Crippen LogP contribution in [0.3, 0.4) is 0 Å². The van der Waals surface area contributed by atoms with Crippen LogP contribution in [0.1, 0.15) is 15.9 Å². The number of carbonyl (C=O) groups is 1. The van der Waals surface area contributed by atoms with Crippen LogP contribution >= 0.6 is 11.6 Å². The fraction of sp³-hybridized carbons (Fsp3) is 0.223. The van der Waals surface area contributed by atoms with E-state index in [4.69, 9.17) is 84.6 Å². The molecule has 0 saturated carbocycles. The van der Waals surface area contributed by atoms with Gasteiger partial charge in [-0.2, -0.15) is 43.2 Å². The molecule has 142 heavy (non-hydrogen) atoms. The number of H-pyrrole nitrogens is 1. The SMILES string of the molecule is NC(=O)c1ccnc(Nc2cc(-c3ccc(N)nc3)nc(N3CCOCC3)n2)c1.Nc1ccc(-c2cc(Nc3cc(C(F)(F)F)ccn3)nc(N3CCOCC3)n2)cn1.Nc1ccc(-c2cc(Nc3cc(Cl)ccn3)nc(N3CCOCC3)n2)cn1.Nc1ccc(-c2cc(Nc3cc(F)ccn3)nc(N3CCOCC3)n2)cn1.Nc1ccc(-c2cc(Nc3cccc4[nH]ncc34)nc(N3CCOCC3)n2)cn1. The third kappa shape index (κ3) is 26.3. The van der Waals surface area contributed by atoms with Gasteiger partial charge >= 0.3 is 6.18 Å². The van der Waals surface area contributed by atoms with Crippen LogP contribution in [0.4, 0.5) is 134 Å². The van der Waals surface area contributed by atoms with Crippen molar-refractivity contribution in [3.05, 3.63) is 242 Å². The molecule has 1 aromatic carbocycles. The quantitative estimate of drug-likeness (QED) is 0.0297. The van der Waals surface area contributed by atoms with Gasteiger partial charge in [0, 0.05) is 201 Å². The summed E-state index contributed by atoms with van der Waals surface area (Å²) in [5, 5.41) is 24.3. The van der Waals surface area contributed by atoms with Crippen molar-refractivity contribution in [2.75, 3.05) is 211 Å². The van der Waals surface area contributed by atoms with Gasteiger partial charge in [-0.3, -0.25) is 9.89 Å². The Morgan fingerprint density at radius 1 is 0.338 bits per heavy atom. The van der Waals surface area contributed by atoms with Crippen molar-refractivity contribution >= 4 is 145 Å². The van der Waals surface area contributed by atoms with E-state index in [0.29, 0.717) is 244 Å². The zero-order valence-electron chi connectivity index (χ0n) is 75.9. The number of pyridine rings is 9. The van der Waals surface area contributed by atoms with Crippen molar-refractivity contribution in [3.63, 3.8) is 0 Å². The van der Waals surface area contributed by atoms with Gasteiger partial charge in [0.25, 0.3) is 0 Å². The molecule has 18 N–H and O–H groups in total. The van der Waals surface area contributed by atoms with Gasteiger partial charge in [0.15, 0.2) is 0 Å². The molecular weight excluding hydrogens is 1850 g/mol. The number of ether oxygens (including phenoxy) is 5. The maximum atomic E-state index is 13.5. The van der Waals surface area contributed by atoms with Gasteiger partial charge in [0.05, 0.1) is 118 Å². The summed E-state index contributed by atoms with van der Waals surface area (Å²) in [4.78, 5) is 105. The normalized spacial score (nSPS) is 14.2. The number of nitrogen functional groups attached to an aromatic ring is 5. The number of carbonyl (C=O) groups excluding carboxylic acids is 1. The first-order chi connectivity index (χ1) is 69.1. The average Bonchev–Trinajstić information content (AvgIpc) is 1.12. The average molecular weight is 1950 g/mol. The van der Waals surface area contributed by atoms with E-state index in [2.05, 4.69) is 131 Å². The number of nitrogens with one attached hydrogen (secondary N) is 6. The number of anilines is 20. The highest BCUT2D eigenvalue weighted by molar-refractivity contribution is 6.30. The summed E-state index contributed by atoms with van der Waals surface area (Å²) in [6, 6.07) is 43.8. The number of morpholine rings is 5. The number of fused-ring (bicyclic) bond motifs is 1. The van der Waals surface area contributed by atoms with Crippen molar-refractivity contribution < 1.29 is 46.0 Å². The topological polar surface area (TPSA) is 569 Å². The standard InChI is InChI=1S/C20H20N8O.C19H18F3N7O.C19H20N8O2.C18H18ClN7O.C18H18FN7O/c21-18-5-4-13(11-22-18)17-10-19(26-20(25-17)28-6-8-29-9-7-28)24-15-2-1-3-16-14(15)12-23-27-16;20-19(21,22)13-3-4-24-16(9-13)27-17-10-14(12-1-2-15(23)25-11-12)26-18(28-17)29-5-7-30-8-6-29;20-15-2-1-13(11-23-15)14-10-17(25-16-9-12(18(21)28)3-4-22-16)26-19(24-14)27-5-7-29-8-6-27;2*19-13-3-4-21-16(9-13)24-17-10-14(12-1-2-15(20)22-11-12)23-18(25-17)26-5-7-27-8-6-26/h1-5,10-12H,6-9H2,(H2,21,22)(H,23,27)(H,24,25,26);1-4,9-11H,5-8H2,(H2,23,25)(H,24,26,27,28);1-4,9-11H,5-8H2,(H2,20,23)(H2,21,28)(H,22,24,25,26);2*1-4,9-11H,5-8H2,(H2,20,22)(H,21,23,24,25). The van der Waals surface area contributed by atoms with Crippen LogP contribution in [-0.4, -0.2) is 242 Å². The largest absolute Gasteiger partial charge is 0.416 e. The van der Waals surface area contributed by atoms with E-state index in [1.807, 2.05) is 64.4 Å². The molecule has 1 amide bonds. The monoisotopic (exact) mass is 1950 g/mol. The van der Waals surface area contributed by atoms with Gasteiger partial charge in [-0.05, 0) is 115 Å². The summed E-state index contributed by atoms with van der Waals surface area (Å²) in [5.74, 6) is 8.22. The molecule has 21 rings (SSSR count). The summed E-state index contributed by atoms with van der Waals surface area (Å²) in [7, 11) is 0. The first kappa shape index (κ1) is 96.4. The summed E-state index contributed by atoms with van der Waals surface area (Å²) >= 11 is 6.05. The number of hydrogen-bond donors (Lipinski definition) is 12. The number of primary amides is 1. The Morgan fingerprint density at radius 3 is 0.965 bits per heavy atom. The molecular formula is C94H94ClF4N37O6. The lowest BCUT2D eigenvalue weighted by molar-refractivity contribution is -0.137. The molecule has 0 bridgehead atoms. The lowest BCUT2D eigenvalue weighted by Gasteiger charge is -2.27. The second kappa shape index (κ2) is 45.8. The number of aromatic nitrogens is 21. The highest BCUT2D eigenvalue weighted by Gasteiger charge is 2.32. The molecule has 15 aromatic heterocycles. The van der Waals surface area contributed by atoms with Crippen LogP contribution < -0.4 is 85.5 Å². The molecule has 5 aliphatic heterocycles. The van der Waals surface area contributed by atoms with Gasteiger partial charge in [0.2, 0.25) is 35.6 Å². The molecule has 0 aliphatic carbocycles. The Hall–Kier alpha value is -17.3. The third-order valence-corrected chi connectivity index (χ3v) is 22.0. The van der Waals surface area contributed by atoms with E-state index in [-0.39, 0.29) is 11.6 Å². The number of aromatic amines is 1. The van der Waals surface area contributed by atoms with E-state index >= 15 is 0 Å². The van der Waals surface area contributed by atoms with Crippen molar-refractivity contribution in [1.82, 2.24) is 105 Å². The van der Waals surface area contributed by atoms with Gasteiger partial charge in [0.1, 0.15) is 87.3 Å². The smallest absolute Gasteiger partial charge is 0.384 e. The summed E-state index contributed by atoms with van der Waals surface area (Å²) in [5.41, 5.74) is 42.7. The Morgan fingerprint density at radius 2 is 0.648 bits per heavy atom. The number of nitrogens with zero attached hydrogens (tertiary/aromatic N) is 25. The van der Waals surface area contributed by atoms with Crippen molar-refractivity contribution in [2.24, 2.45) is 5.73 Å². The predicted octanol–water partition coefficient (Wildman–Crippen LogP) is 11.9. The molecule has 0 unspecified atom stereocenters. The van der Waals surface area contributed by atoms with Crippen LogP contribution in [0, 0.1) is 5.82 Å². The van der Waals surface area contributed by atoms with E-state index in [0.717, 1.165) is 94.7 Å². The zero-order chi connectivity index (χ0) is 98.3. The third-order valence-electron chi connectivity index (χ3n) is 21.8. The van der Waals surface area contributed by atoms with Crippen LogP contribution in [-0.2, 0) is 29.9 Å². The number of hydrogen-bond acceptors (Lipinski definition) is 41. The molecule has 43 nitrogen and oxygen atoms in total. The van der Waals surface area contributed by atoms with Gasteiger partial charge in [-0.15, -0.1) is 0 Å². The van der Waals surface area contributed by atoms with E-state index in [1.165, 1.54) is 24.5 Å². The number of halogens is 5. The number of alkyl halides is 3. The molecule has 0 atom stereocenters. The highest BCUT2D eigenvalue weighted by atomic mass is 35.5. The van der Waals surface area contributed by atoms with Crippen LogP contribution in [0.25, 0.3) is 67.2 Å². The minimum atomic E-state index is -4.47. The summed E-state index contributed by atoms with van der Waals surface area (Å²) in [6.07, 6.45) is 11.3. The van der Waals surface area contributed by atoms with Crippen molar-refractivity contribution in [2.45, 2.75) is 6.18 Å². The minimum absolute atomic E-state index is 0.0258. The second-order valence-electron chi connectivity index (χ2n) is 31.7. The molecule has 16 aromatic rings. The molecule has 5 saturated heterocycles. The maximum absolute atomic E-state index is 13.5. The minimum Gasteiger partial charge on any atom is -0.384 e. The Bertz CT molecular complexity index is 6800. The number of benzene rings is 1. The second-order valence-corrected chi connectivity index (χ2v) is 32.2. The van der Waals surface area contributed by atoms with Gasteiger partial charge in [-0.1, -0.05) is 17.7 Å². The number of rotatable bonds is 21. The molecule has 0 spiro atoms. The number of amides is 1. The predicted molar refractivity (Wildman–Crippen MR) is 531 cm³/mol. The van der Waals surface area contributed by atoms with Crippen molar-refractivity contribution in [1.29, 1.82) is 0 Å². The van der Waals surface area contributed by atoms with Crippen molar-refractivity contribution in [3.8, 4) is 56.3 Å². The molecule has 726 valence electrons. The van der Waals surface area contributed by atoms with Crippen LogP contribution in [0.5, 0.6) is 0 Å². The number of nitrogens with two attached hydrogens (primary N) is 6. The fourth-order valence-corrected chi connectivity index (χ4v) is 14.7. The molecule has 5 aliphatic rings. The summed E-state index contributed by atoms with van der Waals surface area (Å²) < 4.78 is 79.6. The first-order valence-electron chi connectivity index (χ1n) is 44.6. The lowest BCUT2D eigenvalue weighted by Crippen LogP contribution is -2.37. The van der Waals surface area contributed by atoms with Crippen LogP contribution in [0.15, 0.2) is 220 Å². The Balaban J connectivity index is 0.000000122. The molecule has 48 heteroatoms. The Kier molecular flexibility index (Phi) is 31.1. The van der Waals surface area contributed by atoms with E-state index in [9.17, 15) is 22.4 Å². The fourth-order valence-electron chi connectivity index (χ4n) is 14.6. The van der Waals surface area contributed by atoms with Gasteiger partial charge in [-0.25, -0.2) is 74.2 Å². The lowest BCUT2D eigenvalue weighted by atomic mass is 10.2. The van der Waals surface area contributed by atoms with E-state index < -0.39 is 17.6 Å². The maximum Gasteiger partial charge on any atom is 0.416 e. The van der Waals surface area contributed by atoms with Crippen LogP contribution in [0.2, 0.25) is 5.02 Å².